The predicted molar refractivity (Wildman–Crippen MR) is 87.7 cm³/mol. The third-order valence-electron chi connectivity index (χ3n) is 4.10. The molecule has 0 radical (unpaired) electrons. The van der Waals surface area contributed by atoms with Crippen LogP contribution in [0.15, 0.2) is 12.2 Å². The minimum atomic E-state index is -1.93. The summed E-state index contributed by atoms with van der Waals surface area (Å²) in [5.41, 5.74) is 0. The highest BCUT2D eigenvalue weighted by Gasteiger charge is 2.40. The molecule has 0 aromatic rings. The van der Waals surface area contributed by atoms with E-state index in [1.165, 1.54) is 7.11 Å². The van der Waals surface area contributed by atoms with Crippen LogP contribution in [0.1, 0.15) is 41.0 Å². The molecule has 0 aliphatic heterocycles. The molecule has 5 heteroatoms. The van der Waals surface area contributed by atoms with Crippen molar-refractivity contribution in [3.05, 3.63) is 12.2 Å². The molecular weight excluding hydrogens is 284 g/mol. The molecule has 0 amide bonds. The van der Waals surface area contributed by atoms with Gasteiger partial charge in [0, 0.05) is 6.42 Å². The second-order valence-electron chi connectivity index (χ2n) is 6.96. The number of carbonyl (C=O) groups excluding carboxylic acids is 2. The van der Waals surface area contributed by atoms with Gasteiger partial charge >= 0.3 is 5.97 Å². The average molecular weight is 314 g/mol. The van der Waals surface area contributed by atoms with Crippen molar-refractivity contribution in [2.24, 2.45) is 5.92 Å². The van der Waals surface area contributed by atoms with Gasteiger partial charge < -0.3 is 9.16 Å². The molecule has 122 valence electrons. The molecule has 0 fully saturated rings. The number of carbonyl (C=O) groups is 2. The van der Waals surface area contributed by atoms with Crippen molar-refractivity contribution in [1.29, 1.82) is 0 Å². The van der Waals surface area contributed by atoms with Crippen molar-refractivity contribution in [3.8, 4) is 0 Å². The fraction of sp³-hybridized carbons (Fsp3) is 0.750. The normalized spacial score (nSPS) is 15.8. The summed E-state index contributed by atoms with van der Waals surface area (Å²) in [6.07, 6.45) is 3.87. The van der Waals surface area contributed by atoms with Crippen LogP contribution in [0.2, 0.25) is 18.1 Å². The fourth-order valence-corrected chi connectivity index (χ4v) is 3.00. The summed E-state index contributed by atoms with van der Waals surface area (Å²) in [7, 11) is -0.711. The average Bonchev–Trinajstić information content (AvgIpc) is 2.35. The number of esters is 1. The van der Waals surface area contributed by atoms with E-state index in [1.54, 1.807) is 0 Å². The van der Waals surface area contributed by atoms with Gasteiger partial charge in [-0.25, -0.2) is 4.79 Å². The van der Waals surface area contributed by atoms with Gasteiger partial charge in [-0.2, -0.15) is 0 Å². The first-order chi connectivity index (χ1) is 9.46. The van der Waals surface area contributed by atoms with E-state index in [0.29, 0.717) is 0 Å². The summed E-state index contributed by atoms with van der Waals surface area (Å²) in [5.74, 6) is -1.35. The third kappa shape index (κ3) is 6.14. The first kappa shape index (κ1) is 20.1. The number of rotatable bonds is 7. The SMILES string of the molecule is C/C=C/[C@H](O[Si](C)(C)C(C)(C)C)[C@@H](C)CC(=O)C(=O)OC. The summed E-state index contributed by atoms with van der Waals surface area (Å²) in [4.78, 5) is 23.0. The van der Waals surface area contributed by atoms with E-state index < -0.39 is 20.1 Å². The Morgan fingerprint density at radius 2 is 1.76 bits per heavy atom. The van der Waals surface area contributed by atoms with Gasteiger partial charge in [0.2, 0.25) is 5.78 Å². The molecule has 4 nitrogen and oxygen atoms in total. The maximum atomic E-state index is 11.7. The lowest BCUT2D eigenvalue weighted by Crippen LogP contribution is -2.45. The largest absolute Gasteiger partial charge is 0.463 e. The zero-order valence-corrected chi connectivity index (χ0v) is 15.6. The molecule has 21 heavy (non-hydrogen) atoms. The van der Waals surface area contributed by atoms with E-state index in [0.717, 1.165) is 0 Å². The topological polar surface area (TPSA) is 52.6 Å². The Hall–Kier alpha value is -0.943. The Bertz CT molecular complexity index is 394. The number of hydrogen-bond donors (Lipinski definition) is 0. The van der Waals surface area contributed by atoms with Gasteiger partial charge in [-0.1, -0.05) is 39.8 Å². The number of methoxy groups -OCH3 is 1. The van der Waals surface area contributed by atoms with E-state index in [-0.39, 0.29) is 23.5 Å². The van der Waals surface area contributed by atoms with Gasteiger partial charge in [-0.05, 0) is 31.0 Å². The molecule has 0 heterocycles. The van der Waals surface area contributed by atoms with Crippen molar-refractivity contribution in [2.45, 2.75) is 65.3 Å². The molecule has 0 aliphatic carbocycles. The highest BCUT2D eigenvalue weighted by atomic mass is 28.4. The molecule has 0 bridgehead atoms. The molecular formula is C16H30O4Si. The third-order valence-corrected chi connectivity index (χ3v) is 8.57. The molecule has 0 aliphatic rings. The molecule has 0 aromatic carbocycles. The number of ketones is 1. The first-order valence-corrected chi connectivity index (χ1v) is 10.3. The number of allylic oxidation sites excluding steroid dienone is 1. The Balaban J connectivity index is 4.99. The number of hydrogen-bond acceptors (Lipinski definition) is 4. The first-order valence-electron chi connectivity index (χ1n) is 7.38. The van der Waals surface area contributed by atoms with Crippen molar-refractivity contribution in [2.75, 3.05) is 7.11 Å². The minimum Gasteiger partial charge on any atom is -0.463 e. The van der Waals surface area contributed by atoms with Crippen LogP contribution < -0.4 is 0 Å². The van der Waals surface area contributed by atoms with Crippen molar-refractivity contribution < 1.29 is 18.8 Å². The summed E-state index contributed by atoms with van der Waals surface area (Å²) in [6.45, 7) is 14.7. The van der Waals surface area contributed by atoms with E-state index >= 15 is 0 Å². The maximum Gasteiger partial charge on any atom is 0.374 e. The Labute approximate surface area is 130 Å². The van der Waals surface area contributed by atoms with Crippen LogP contribution in [0.25, 0.3) is 0 Å². The second-order valence-corrected chi connectivity index (χ2v) is 11.7. The maximum absolute atomic E-state index is 11.7. The molecule has 0 unspecified atom stereocenters. The summed E-state index contributed by atoms with van der Waals surface area (Å²) < 4.78 is 10.8. The van der Waals surface area contributed by atoms with Gasteiger partial charge in [0.15, 0.2) is 8.32 Å². The smallest absolute Gasteiger partial charge is 0.374 e. The Morgan fingerprint density at radius 3 is 2.14 bits per heavy atom. The quantitative estimate of drug-likeness (QED) is 0.311. The molecule has 0 saturated carbocycles. The number of Topliss-reactive ketones (excluding diaryl/α,β-unsaturated/α-hetero) is 1. The van der Waals surface area contributed by atoms with Crippen molar-refractivity contribution in [1.82, 2.24) is 0 Å². The second kappa shape index (κ2) is 7.89. The van der Waals surface area contributed by atoms with Crippen LogP contribution in [-0.2, 0) is 18.8 Å². The molecule has 2 atom stereocenters. The van der Waals surface area contributed by atoms with Gasteiger partial charge in [0.1, 0.15) is 0 Å². The van der Waals surface area contributed by atoms with Gasteiger partial charge in [-0.15, -0.1) is 0 Å². The van der Waals surface area contributed by atoms with Crippen LogP contribution in [-0.4, -0.2) is 33.3 Å². The molecule has 0 aromatic heterocycles. The van der Waals surface area contributed by atoms with E-state index in [9.17, 15) is 9.59 Å². The Morgan fingerprint density at radius 1 is 1.24 bits per heavy atom. The predicted octanol–water partition coefficient (Wildman–Crippen LogP) is 3.72. The van der Waals surface area contributed by atoms with Crippen LogP contribution in [0.5, 0.6) is 0 Å². The van der Waals surface area contributed by atoms with Crippen LogP contribution >= 0.6 is 0 Å². The van der Waals surface area contributed by atoms with Gasteiger partial charge in [0.05, 0.1) is 13.2 Å². The lowest BCUT2D eigenvalue weighted by Gasteiger charge is -2.40. The zero-order chi connectivity index (χ0) is 16.8. The highest BCUT2D eigenvalue weighted by Crippen LogP contribution is 2.38. The van der Waals surface area contributed by atoms with E-state index in [2.05, 4.69) is 38.6 Å². The summed E-state index contributed by atoms with van der Waals surface area (Å²) in [5, 5.41) is 0.0961. The van der Waals surface area contributed by atoms with Crippen molar-refractivity contribution >= 4 is 20.1 Å². The lowest BCUT2D eigenvalue weighted by molar-refractivity contribution is -0.152. The van der Waals surface area contributed by atoms with Crippen LogP contribution in [0.4, 0.5) is 0 Å². The van der Waals surface area contributed by atoms with Crippen LogP contribution in [0.3, 0.4) is 0 Å². The molecule has 0 N–H and O–H groups in total. The number of ether oxygens (including phenoxy) is 1. The summed E-state index contributed by atoms with van der Waals surface area (Å²) in [6, 6.07) is 0. The van der Waals surface area contributed by atoms with E-state index in [4.69, 9.17) is 4.43 Å². The highest BCUT2D eigenvalue weighted by molar-refractivity contribution is 6.74. The Kier molecular flexibility index (Phi) is 7.54. The van der Waals surface area contributed by atoms with Crippen LogP contribution in [0, 0.1) is 5.92 Å². The molecule has 0 rings (SSSR count). The zero-order valence-electron chi connectivity index (χ0n) is 14.6. The fourth-order valence-electron chi connectivity index (χ4n) is 1.66. The molecule has 0 spiro atoms. The minimum absolute atomic E-state index is 0.0677. The van der Waals surface area contributed by atoms with Gasteiger partial charge in [-0.3, -0.25) is 4.79 Å². The lowest BCUT2D eigenvalue weighted by atomic mass is 9.98. The molecule has 0 saturated heterocycles. The monoisotopic (exact) mass is 314 g/mol. The summed E-state index contributed by atoms with van der Waals surface area (Å²) >= 11 is 0. The van der Waals surface area contributed by atoms with E-state index in [1.807, 2.05) is 26.0 Å². The standard InChI is InChI=1S/C16H30O4Si/c1-9-10-14(20-21(7,8)16(3,4)5)12(2)11-13(17)15(18)19-6/h9-10,12,14H,11H2,1-8H3/b10-9+/t12-,14-/m0/s1. The van der Waals surface area contributed by atoms with Gasteiger partial charge in [0.25, 0.3) is 0 Å². The van der Waals surface area contributed by atoms with Crippen molar-refractivity contribution in [3.63, 3.8) is 0 Å².